The van der Waals surface area contributed by atoms with E-state index in [1.165, 1.54) is 76.9 Å². The van der Waals surface area contributed by atoms with Gasteiger partial charge in [0.1, 0.15) is 0 Å². The Morgan fingerprint density at radius 3 is 1.95 bits per heavy atom. The maximum Gasteiger partial charge on any atom is 0.248 e. The van der Waals surface area contributed by atoms with Crippen molar-refractivity contribution in [2.45, 2.75) is 0 Å². The fourth-order valence-electron chi connectivity index (χ4n) is 7.12. The number of fused-ring (bicyclic) bond motifs is 10. The van der Waals surface area contributed by atoms with Crippen LogP contribution in [-0.2, 0) is 0 Å². The Labute approximate surface area is 221 Å². The van der Waals surface area contributed by atoms with Gasteiger partial charge in [-0.1, -0.05) is 121 Å². The Kier molecular flexibility index (Phi) is 3.93. The summed E-state index contributed by atoms with van der Waals surface area (Å²) < 4.78 is 0. The van der Waals surface area contributed by atoms with Crippen molar-refractivity contribution in [1.82, 2.24) is 0 Å². The van der Waals surface area contributed by atoms with Crippen LogP contribution in [0.2, 0.25) is 0 Å². The van der Waals surface area contributed by atoms with Crippen LogP contribution < -0.4 is 21.3 Å². The third kappa shape index (κ3) is 2.52. The molecule has 0 radical (unpaired) electrons. The van der Waals surface area contributed by atoms with E-state index < -0.39 is 0 Å². The van der Waals surface area contributed by atoms with Gasteiger partial charge >= 0.3 is 0 Å². The fraction of sp³-hybridized carbons (Fsp3) is 0. The summed E-state index contributed by atoms with van der Waals surface area (Å²) in [6.45, 7) is 0.270. The summed E-state index contributed by atoms with van der Waals surface area (Å²) in [6.07, 6.45) is 0. The summed E-state index contributed by atoms with van der Waals surface area (Å²) in [5.74, 6) is 0. The molecule has 0 spiro atoms. The third-order valence-electron chi connectivity index (χ3n) is 8.66. The molecule has 7 aromatic rings. The molecule has 2 aliphatic rings. The molecule has 0 bridgehead atoms. The summed E-state index contributed by atoms with van der Waals surface area (Å²) in [4.78, 5) is 2.51. The van der Waals surface area contributed by atoms with Crippen LogP contribution >= 0.6 is 0 Å². The molecule has 2 heterocycles. The normalized spacial score (nSPS) is 13.2. The second-order valence-electron chi connectivity index (χ2n) is 10.5. The molecule has 0 amide bonds. The van der Waals surface area contributed by atoms with Gasteiger partial charge in [0.2, 0.25) is 6.71 Å². The number of rotatable bonds is 1. The van der Waals surface area contributed by atoms with E-state index in [4.69, 9.17) is 0 Å². The summed E-state index contributed by atoms with van der Waals surface area (Å²) in [5.41, 5.74) is 10.7. The quantitative estimate of drug-likeness (QED) is 0.175. The van der Waals surface area contributed by atoms with Gasteiger partial charge in [0.25, 0.3) is 0 Å². The predicted octanol–water partition coefficient (Wildman–Crippen LogP) is 7.43. The fourth-order valence-corrected chi connectivity index (χ4v) is 7.12. The highest BCUT2D eigenvalue weighted by molar-refractivity contribution is 7.01. The molecule has 2 aliphatic heterocycles. The zero-order chi connectivity index (χ0) is 24.8. The number of anilines is 3. The van der Waals surface area contributed by atoms with Crippen molar-refractivity contribution < 1.29 is 0 Å². The van der Waals surface area contributed by atoms with Crippen LogP contribution in [0.4, 0.5) is 17.1 Å². The lowest BCUT2D eigenvalue weighted by Crippen LogP contribution is -2.54. The van der Waals surface area contributed by atoms with Gasteiger partial charge in [-0.3, -0.25) is 0 Å². The molecular weight excluding hydrogens is 457 g/mol. The SMILES string of the molecule is c1ccc2c(c1)B1c3ccccc3N(c3cccc4c3ccc3c5ccccc5ccc43)c3cccc-2c31. The maximum absolute atomic E-state index is 2.51. The van der Waals surface area contributed by atoms with Crippen LogP contribution in [0.5, 0.6) is 0 Å². The van der Waals surface area contributed by atoms with E-state index in [0.29, 0.717) is 0 Å². The zero-order valence-corrected chi connectivity index (χ0v) is 20.7. The van der Waals surface area contributed by atoms with E-state index in [9.17, 15) is 0 Å². The second kappa shape index (κ2) is 7.37. The van der Waals surface area contributed by atoms with Crippen molar-refractivity contribution in [2.75, 3.05) is 4.90 Å². The Bertz CT molecular complexity index is 2110. The minimum absolute atomic E-state index is 0.270. The topological polar surface area (TPSA) is 3.24 Å². The van der Waals surface area contributed by atoms with Crippen molar-refractivity contribution >= 4 is 72.5 Å². The molecule has 0 saturated carbocycles. The third-order valence-corrected chi connectivity index (χ3v) is 8.66. The van der Waals surface area contributed by atoms with Crippen molar-refractivity contribution in [3.63, 3.8) is 0 Å². The highest BCUT2D eigenvalue weighted by Crippen LogP contribution is 2.44. The Morgan fingerprint density at radius 2 is 0.974 bits per heavy atom. The first-order chi connectivity index (χ1) is 18.9. The van der Waals surface area contributed by atoms with Crippen LogP contribution in [0.25, 0.3) is 43.4 Å². The molecule has 0 atom stereocenters. The average Bonchev–Trinajstić information content (AvgIpc) is 3.33. The standard InChI is InChI=1S/C36H22BN/c1-2-10-24-23(9-1)19-20-27-25-12-7-17-33(29(25)22-21-26(24)27)38-34-16-6-5-15-32(34)37-31-14-4-3-11-28(31)30-13-8-18-35(38)36(30)37/h1-22H. The van der Waals surface area contributed by atoms with Crippen LogP contribution in [0.1, 0.15) is 0 Å². The van der Waals surface area contributed by atoms with Crippen molar-refractivity contribution in [3.05, 3.63) is 133 Å². The van der Waals surface area contributed by atoms with Crippen LogP contribution in [0.3, 0.4) is 0 Å². The van der Waals surface area contributed by atoms with Crippen molar-refractivity contribution in [1.29, 1.82) is 0 Å². The van der Waals surface area contributed by atoms with E-state index in [1.54, 1.807) is 0 Å². The monoisotopic (exact) mass is 479 g/mol. The summed E-state index contributed by atoms with van der Waals surface area (Å²) >= 11 is 0. The maximum atomic E-state index is 2.51. The number of para-hydroxylation sites is 1. The molecule has 9 rings (SSSR count). The lowest BCUT2D eigenvalue weighted by Gasteiger charge is -2.36. The highest BCUT2D eigenvalue weighted by atomic mass is 15.2. The van der Waals surface area contributed by atoms with Gasteiger partial charge in [0, 0.05) is 16.8 Å². The molecule has 0 saturated heterocycles. The van der Waals surface area contributed by atoms with E-state index in [0.717, 1.165) is 0 Å². The van der Waals surface area contributed by atoms with Crippen molar-refractivity contribution in [2.24, 2.45) is 0 Å². The number of hydrogen-bond donors (Lipinski definition) is 0. The average molecular weight is 479 g/mol. The van der Waals surface area contributed by atoms with E-state index >= 15 is 0 Å². The Balaban J connectivity index is 1.36. The Hall–Kier alpha value is -4.82. The molecular formula is C36H22BN. The molecule has 0 unspecified atom stereocenters. The van der Waals surface area contributed by atoms with Gasteiger partial charge < -0.3 is 4.90 Å². The molecule has 7 aromatic carbocycles. The minimum atomic E-state index is 0.270. The Morgan fingerprint density at radius 1 is 0.368 bits per heavy atom. The molecule has 0 aliphatic carbocycles. The van der Waals surface area contributed by atoms with E-state index in [-0.39, 0.29) is 6.71 Å². The lowest BCUT2D eigenvalue weighted by atomic mass is 9.37. The molecule has 0 aromatic heterocycles. The first-order valence-corrected chi connectivity index (χ1v) is 13.3. The minimum Gasteiger partial charge on any atom is -0.311 e. The van der Waals surface area contributed by atoms with E-state index in [2.05, 4.69) is 138 Å². The van der Waals surface area contributed by atoms with Crippen LogP contribution in [-0.4, -0.2) is 6.71 Å². The molecule has 2 heteroatoms. The smallest absolute Gasteiger partial charge is 0.248 e. The summed E-state index contributed by atoms with van der Waals surface area (Å²) in [5, 5.41) is 7.77. The highest BCUT2D eigenvalue weighted by Gasteiger charge is 2.42. The molecule has 0 fully saturated rings. The van der Waals surface area contributed by atoms with Crippen LogP contribution in [0.15, 0.2) is 133 Å². The molecule has 1 nitrogen and oxygen atoms in total. The largest absolute Gasteiger partial charge is 0.311 e. The first kappa shape index (κ1) is 20.3. The van der Waals surface area contributed by atoms with Gasteiger partial charge in [-0.05, 0) is 67.2 Å². The van der Waals surface area contributed by atoms with Gasteiger partial charge in [-0.15, -0.1) is 0 Å². The zero-order valence-electron chi connectivity index (χ0n) is 20.7. The summed E-state index contributed by atoms with van der Waals surface area (Å²) in [6, 6.07) is 49.4. The van der Waals surface area contributed by atoms with Gasteiger partial charge in [-0.25, -0.2) is 0 Å². The number of nitrogens with zero attached hydrogens (tertiary/aromatic N) is 1. The molecule has 38 heavy (non-hydrogen) atoms. The lowest BCUT2D eigenvalue weighted by molar-refractivity contribution is 1.31. The van der Waals surface area contributed by atoms with Gasteiger partial charge in [0.15, 0.2) is 0 Å². The summed E-state index contributed by atoms with van der Waals surface area (Å²) in [7, 11) is 0. The van der Waals surface area contributed by atoms with Gasteiger partial charge in [-0.2, -0.15) is 0 Å². The molecule has 0 N–H and O–H groups in total. The number of benzene rings is 7. The predicted molar refractivity (Wildman–Crippen MR) is 164 cm³/mol. The second-order valence-corrected chi connectivity index (χ2v) is 10.5. The van der Waals surface area contributed by atoms with E-state index in [1.807, 2.05) is 0 Å². The van der Waals surface area contributed by atoms with Crippen molar-refractivity contribution in [3.8, 4) is 11.1 Å². The first-order valence-electron chi connectivity index (χ1n) is 13.3. The van der Waals surface area contributed by atoms with Crippen LogP contribution in [0, 0.1) is 0 Å². The van der Waals surface area contributed by atoms with Gasteiger partial charge in [0.05, 0.1) is 5.69 Å². The number of hydrogen-bond acceptors (Lipinski definition) is 1. The molecule has 174 valence electrons.